The Bertz CT molecular complexity index is 662. The summed E-state index contributed by atoms with van der Waals surface area (Å²) in [4.78, 5) is 18.7. The van der Waals surface area contributed by atoms with Crippen molar-refractivity contribution in [2.45, 2.75) is 57.3 Å². The molecular weight excluding hydrogens is 370 g/mol. The van der Waals surface area contributed by atoms with E-state index < -0.39 is 10.0 Å². The molecule has 2 saturated heterocycles. The summed E-state index contributed by atoms with van der Waals surface area (Å²) in [6.45, 7) is 2.90. The number of hydrogen-bond acceptors (Lipinski definition) is 5. The standard InChI is InChI=1S/C18H29N3O3S2/c22-17(20-12-7-16(8-13-20)18-19-9-14-25-18)6-2-5-15-26(23,24)21-10-3-1-4-11-21/h9,14,16H,1-8,10-13,15H2. The summed E-state index contributed by atoms with van der Waals surface area (Å²) in [5.41, 5.74) is 0. The van der Waals surface area contributed by atoms with E-state index in [0.29, 0.717) is 38.3 Å². The third kappa shape index (κ3) is 5.27. The first kappa shape index (κ1) is 19.8. The number of rotatable bonds is 7. The Morgan fingerprint density at radius 3 is 2.50 bits per heavy atom. The SMILES string of the molecule is O=C(CCCCS(=O)(=O)N1CCCCC1)N1CCC(c2nccs2)CC1. The lowest BCUT2D eigenvalue weighted by atomic mass is 9.97. The zero-order valence-corrected chi connectivity index (χ0v) is 16.9. The molecule has 26 heavy (non-hydrogen) atoms. The van der Waals surface area contributed by atoms with Crippen molar-refractivity contribution in [2.75, 3.05) is 31.9 Å². The van der Waals surface area contributed by atoms with Crippen molar-refractivity contribution in [1.29, 1.82) is 0 Å². The van der Waals surface area contributed by atoms with E-state index in [-0.39, 0.29) is 11.7 Å². The molecule has 0 saturated carbocycles. The maximum atomic E-state index is 12.4. The summed E-state index contributed by atoms with van der Waals surface area (Å²) < 4.78 is 26.2. The van der Waals surface area contributed by atoms with Gasteiger partial charge in [-0.1, -0.05) is 6.42 Å². The van der Waals surface area contributed by atoms with Crippen molar-refractivity contribution in [2.24, 2.45) is 0 Å². The van der Waals surface area contributed by atoms with Gasteiger partial charge >= 0.3 is 0 Å². The number of amides is 1. The smallest absolute Gasteiger partial charge is 0.222 e. The van der Waals surface area contributed by atoms with Crippen molar-refractivity contribution >= 4 is 27.3 Å². The summed E-state index contributed by atoms with van der Waals surface area (Å²) >= 11 is 1.69. The average molecular weight is 400 g/mol. The molecule has 2 aliphatic rings. The third-order valence-corrected chi connectivity index (χ3v) is 8.29. The predicted octanol–water partition coefficient (Wildman–Crippen LogP) is 2.84. The molecule has 8 heteroatoms. The minimum absolute atomic E-state index is 0.165. The highest BCUT2D eigenvalue weighted by atomic mass is 32.2. The second-order valence-corrected chi connectivity index (χ2v) is 10.3. The number of thiazole rings is 1. The second kappa shape index (κ2) is 9.28. The highest BCUT2D eigenvalue weighted by Crippen LogP contribution is 2.29. The lowest BCUT2D eigenvalue weighted by Gasteiger charge is -2.31. The topological polar surface area (TPSA) is 70.6 Å². The van der Waals surface area contributed by atoms with Crippen LogP contribution in [0.4, 0.5) is 0 Å². The highest BCUT2D eigenvalue weighted by Gasteiger charge is 2.26. The molecule has 146 valence electrons. The molecule has 1 aromatic rings. The van der Waals surface area contributed by atoms with E-state index in [1.165, 1.54) is 5.01 Å². The fraction of sp³-hybridized carbons (Fsp3) is 0.778. The van der Waals surface area contributed by atoms with Crippen LogP contribution < -0.4 is 0 Å². The van der Waals surface area contributed by atoms with Gasteiger partial charge in [0.1, 0.15) is 0 Å². The number of piperidine rings is 2. The molecule has 0 atom stereocenters. The number of carbonyl (C=O) groups excluding carboxylic acids is 1. The van der Waals surface area contributed by atoms with Crippen LogP contribution in [-0.4, -0.2) is 60.4 Å². The number of aromatic nitrogens is 1. The van der Waals surface area contributed by atoms with Crippen LogP contribution in [0.3, 0.4) is 0 Å². The zero-order chi connectivity index (χ0) is 18.4. The number of likely N-dealkylation sites (tertiary alicyclic amines) is 1. The second-order valence-electron chi connectivity index (χ2n) is 7.26. The lowest BCUT2D eigenvalue weighted by molar-refractivity contribution is -0.132. The summed E-state index contributed by atoms with van der Waals surface area (Å²) in [5.74, 6) is 0.818. The highest BCUT2D eigenvalue weighted by molar-refractivity contribution is 7.89. The molecule has 1 amide bonds. The Morgan fingerprint density at radius 1 is 1.12 bits per heavy atom. The van der Waals surface area contributed by atoms with E-state index in [1.807, 2.05) is 16.5 Å². The van der Waals surface area contributed by atoms with Gasteiger partial charge in [-0.25, -0.2) is 17.7 Å². The molecule has 2 fully saturated rings. The summed E-state index contributed by atoms with van der Waals surface area (Å²) in [6.07, 6.45) is 8.53. The van der Waals surface area contributed by atoms with E-state index in [9.17, 15) is 13.2 Å². The van der Waals surface area contributed by atoms with E-state index in [1.54, 1.807) is 15.6 Å². The minimum atomic E-state index is -3.14. The van der Waals surface area contributed by atoms with Crippen LogP contribution in [0.2, 0.25) is 0 Å². The number of hydrogen-bond donors (Lipinski definition) is 0. The first-order valence-corrected chi connectivity index (χ1v) is 12.2. The van der Waals surface area contributed by atoms with E-state index in [0.717, 1.165) is 45.2 Å². The molecule has 0 unspecified atom stereocenters. The summed E-state index contributed by atoms with van der Waals surface area (Å²) in [6, 6.07) is 0. The van der Waals surface area contributed by atoms with E-state index in [4.69, 9.17) is 0 Å². The summed E-state index contributed by atoms with van der Waals surface area (Å²) in [5, 5.41) is 3.19. The van der Waals surface area contributed by atoms with Gasteiger partial charge in [-0.3, -0.25) is 4.79 Å². The van der Waals surface area contributed by atoms with Crippen LogP contribution in [0.25, 0.3) is 0 Å². The van der Waals surface area contributed by atoms with Crippen molar-refractivity contribution in [3.63, 3.8) is 0 Å². The third-order valence-electron chi connectivity index (χ3n) is 5.40. The van der Waals surface area contributed by atoms with Gasteiger partial charge in [-0.2, -0.15) is 0 Å². The van der Waals surface area contributed by atoms with Gasteiger partial charge in [0, 0.05) is 50.1 Å². The maximum absolute atomic E-state index is 12.4. The molecular formula is C18H29N3O3S2. The van der Waals surface area contributed by atoms with Crippen molar-refractivity contribution in [1.82, 2.24) is 14.2 Å². The molecule has 0 radical (unpaired) electrons. The zero-order valence-electron chi connectivity index (χ0n) is 15.3. The molecule has 2 aliphatic heterocycles. The van der Waals surface area contributed by atoms with Crippen LogP contribution in [0, 0.1) is 0 Å². The Morgan fingerprint density at radius 2 is 1.85 bits per heavy atom. The Balaban J connectivity index is 1.34. The van der Waals surface area contributed by atoms with Gasteiger partial charge in [0.2, 0.25) is 15.9 Å². The molecule has 0 bridgehead atoms. The molecule has 1 aromatic heterocycles. The fourth-order valence-electron chi connectivity index (χ4n) is 3.80. The van der Waals surface area contributed by atoms with Crippen LogP contribution in [-0.2, 0) is 14.8 Å². The van der Waals surface area contributed by atoms with Crippen LogP contribution >= 0.6 is 11.3 Å². The molecule has 3 rings (SSSR count). The van der Waals surface area contributed by atoms with Crippen LogP contribution in [0.15, 0.2) is 11.6 Å². The van der Waals surface area contributed by atoms with Crippen molar-refractivity contribution in [3.8, 4) is 0 Å². The molecule has 3 heterocycles. The lowest BCUT2D eigenvalue weighted by Crippen LogP contribution is -2.38. The minimum Gasteiger partial charge on any atom is -0.343 e. The van der Waals surface area contributed by atoms with Gasteiger partial charge in [0.05, 0.1) is 10.8 Å². The molecule has 0 aliphatic carbocycles. The van der Waals surface area contributed by atoms with Crippen molar-refractivity contribution < 1.29 is 13.2 Å². The van der Waals surface area contributed by atoms with Crippen molar-refractivity contribution in [3.05, 3.63) is 16.6 Å². The van der Waals surface area contributed by atoms with Gasteiger partial charge in [0.25, 0.3) is 0 Å². The first-order chi connectivity index (χ1) is 12.6. The molecule has 6 nitrogen and oxygen atoms in total. The molecule has 0 N–H and O–H groups in total. The van der Waals surface area contributed by atoms with Crippen LogP contribution in [0.5, 0.6) is 0 Å². The number of unbranched alkanes of at least 4 members (excludes halogenated alkanes) is 1. The number of sulfonamides is 1. The van der Waals surface area contributed by atoms with E-state index in [2.05, 4.69) is 4.98 Å². The van der Waals surface area contributed by atoms with Gasteiger partial charge in [-0.15, -0.1) is 11.3 Å². The van der Waals surface area contributed by atoms with Gasteiger partial charge in [-0.05, 0) is 38.5 Å². The number of carbonyl (C=O) groups is 1. The molecule has 0 spiro atoms. The Labute approximate surface area is 160 Å². The Hall–Kier alpha value is -0.990. The quantitative estimate of drug-likeness (QED) is 0.661. The summed E-state index contributed by atoms with van der Waals surface area (Å²) in [7, 11) is -3.14. The normalized spacial score (nSPS) is 20.4. The fourth-order valence-corrected chi connectivity index (χ4v) is 6.26. The Kier molecular flexibility index (Phi) is 7.05. The van der Waals surface area contributed by atoms with Crippen LogP contribution in [0.1, 0.15) is 62.3 Å². The first-order valence-electron chi connectivity index (χ1n) is 9.71. The van der Waals surface area contributed by atoms with Gasteiger partial charge < -0.3 is 4.90 Å². The number of nitrogens with zero attached hydrogens (tertiary/aromatic N) is 3. The maximum Gasteiger partial charge on any atom is 0.222 e. The predicted molar refractivity (Wildman–Crippen MR) is 104 cm³/mol. The average Bonchev–Trinajstić information content (AvgIpc) is 3.21. The molecule has 0 aromatic carbocycles. The van der Waals surface area contributed by atoms with E-state index >= 15 is 0 Å². The van der Waals surface area contributed by atoms with Gasteiger partial charge in [0.15, 0.2) is 0 Å². The largest absolute Gasteiger partial charge is 0.343 e. The monoisotopic (exact) mass is 399 g/mol.